The Hall–Kier alpha value is -4.11. The van der Waals surface area contributed by atoms with Crippen molar-refractivity contribution in [3.05, 3.63) is 215 Å². The largest absolute Gasteiger partial charge is 0.310 e. The molecule has 0 radical (unpaired) electrons. The van der Waals surface area contributed by atoms with Gasteiger partial charge in [0, 0.05) is 67.9 Å². The lowest BCUT2D eigenvalue weighted by molar-refractivity contribution is 0.344. The highest BCUT2D eigenvalue weighted by molar-refractivity contribution is 8.03. The van der Waals surface area contributed by atoms with Crippen LogP contribution in [0.15, 0.2) is 193 Å². The van der Waals surface area contributed by atoms with Crippen LogP contribution < -0.4 is 0 Å². The van der Waals surface area contributed by atoms with Crippen molar-refractivity contribution in [2.24, 2.45) is 0 Å². The van der Waals surface area contributed by atoms with E-state index in [1.54, 1.807) is 47.0 Å². The fraction of sp³-hybridized carbons (Fsp3) is 0.418. The van der Waals surface area contributed by atoms with E-state index in [2.05, 4.69) is 198 Å². The zero-order valence-electron chi connectivity index (χ0n) is 45.7. The first-order valence-electron chi connectivity index (χ1n) is 27.4. The molecular weight excluding hydrogens is 1040 g/mol. The molecular formula is C67H81N3S6. The van der Waals surface area contributed by atoms with Crippen LogP contribution in [0.4, 0.5) is 0 Å². The molecule has 0 heterocycles. The van der Waals surface area contributed by atoms with Gasteiger partial charge in [0.1, 0.15) is 0 Å². The van der Waals surface area contributed by atoms with Gasteiger partial charge in [0.25, 0.3) is 9.74 Å². The maximum atomic E-state index is 7.52. The topological polar surface area (TPSA) is 13.1 Å². The molecule has 0 aliphatic heterocycles. The van der Waals surface area contributed by atoms with Crippen LogP contribution in [0.5, 0.6) is 0 Å². The SMILES string of the molecule is CCCCSc1ccccc1SC.[C-]#[N+]C1(Cc2ccccc2)CCCCC1.[C-]#[N+]C1(Sc2ccccc2SC)CCCCC1.[C-]#[N+]C1(Sc2ccccc2SC)CCCCC1.c1ccc(CCc2ccccc2)cc1. The molecule has 0 saturated heterocycles. The summed E-state index contributed by atoms with van der Waals surface area (Å²) in [6.45, 7) is 24.7. The number of hydrogen-bond acceptors (Lipinski definition) is 6. The number of benzene rings is 6. The van der Waals surface area contributed by atoms with Crippen molar-refractivity contribution in [2.45, 2.75) is 180 Å². The third-order valence-electron chi connectivity index (χ3n) is 14.0. The Labute approximate surface area is 486 Å². The minimum Gasteiger partial charge on any atom is -0.310 e. The fourth-order valence-electron chi connectivity index (χ4n) is 9.65. The molecule has 0 aromatic heterocycles. The summed E-state index contributed by atoms with van der Waals surface area (Å²) >= 11 is 10.9. The van der Waals surface area contributed by atoms with Crippen LogP contribution in [0.1, 0.15) is 133 Å². The predicted molar refractivity (Wildman–Crippen MR) is 340 cm³/mol. The van der Waals surface area contributed by atoms with Crippen molar-refractivity contribution >= 4 is 70.6 Å². The minimum atomic E-state index is -0.190. The monoisotopic (exact) mass is 1120 g/mol. The molecule has 3 saturated carbocycles. The third-order valence-corrected chi connectivity index (χ3v) is 20.9. The van der Waals surface area contributed by atoms with Gasteiger partial charge in [-0.15, -0.1) is 47.0 Å². The zero-order chi connectivity index (χ0) is 54.0. The summed E-state index contributed by atoms with van der Waals surface area (Å²) in [5, 5.41) is 0. The number of thioether (sulfide) groups is 6. The van der Waals surface area contributed by atoms with Gasteiger partial charge in [-0.3, -0.25) is 9.69 Å². The lowest BCUT2D eigenvalue weighted by atomic mass is 9.78. The molecule has 0 atom stereocenters. The van der Waals surface area contributed by atoms with Gasteiger partial charge >= 0.3 is 0 Å². The van der Waals surface area contributed by atoms with E-state index in [-0.39, 0.29) is 15.3 Å². The smallest absolute Gasteiger partial charge is 0.282 e. The second-order valence-electron chi connectivity index (χ2n) is 19.6. The van der Waals surface area contributed by atoms with Gasteiger partial charge in [-0.25, -0.2) is 19.7 Å². The second kappa shape index (κ2) is 36.1. The molecule has 3 aliphatic rings. The van der Waals surface area contributed by atoms with Crippen molar-refractivity contribution < 1.29 is 0 Å². The van der Waals surface area contributed by atoms with Gasteiger partial charge in [-0.05, 0) is 159 Å². The molecule has 0 bridgehead atoms. The fourth-order valence-corrected chi connectivity index (χ4v) is 15.8. The number of unbranched alkanes of at least 4 members (excludes halogenated alkanes) is 1. The van der Waals surface area contributed by atoms with Gasteiger partial charge in [0.15, 0.2) is 0 Å². The van der Waals surface area contributed by atoms with Crippen molar-refractivity contribution in [1.29, 1.82) is 0 Å². The summed E-state index contributed by atoms with van der Waals surface area (Å²) in [5.41, 5.74) is 4.06. The highest BCUT2D eigenvalue weighted by Crippen LogP contribution is 2.48. The molecule has 6 aromatic carbocycles. The number of hydrogen-bond donors (Lipinski definition) is 0. The van der Waals surface area contributed by atoms with E-state index < -0.39 is 0 Å². The normalized spacial score (nSPS) is 15.8. The van der Waals surface area contributed by atoms with Crippen LogP contribution in [-0.4, -0.2) is 39.8 Å². The van der Waals surface area contributed by atoms with E-state index in [0.717, 1.165) is 57.8 Å². The first kappa shape index (κ1) is 62.7. The Morgan fingerprint density at radius 3 is 1.07 bits per heavy atom. The Morgan fingerprint density at radius 1 is 0.382 bits per heavy atom. The van der Waals surface area contributed by atoms with E-state index in [1.165, 1.54) is 122 Å². The zero-order valence-corrected chi connectivity index (χ0v) is 50.6. The van der Waals surface area contributed by atoms with E-state index in [1.807, 2.05) is 29.6 Å². The van der Waals surface area contributed by atoms with Gasteiger partial charge in [0.2, 0.25) is 5.54 Å². The molecule has 9 heteroatoms. The van der Waals surface area contributed by atoms with E-state index in [9.17, 15) is 0 Å². The van der Waals surface area contributed by atoms with E-state index in [0.29, 0.717) is 0 Å². The Bertz CT molecular complexity index is 2520. The molecule has 3 nitrogen and oxygen atoms in total. The summed E-state index contributed by atoms with van der Waals surface area (Å²) in [6, 6.07) is 57.2. The number of aryl methyl sites for hydroxylation is 2. The van der Waals surface area contributed by atoms with Gasteiger partial charge < -0.3 is 4.85 Å². The van der Waals surface area contributed by atoms with Crippen molar-refractivity contribution in [3.8, 4) is 0 Å². The van der Waals surface area contributed by atoms with Crippen LogP contribution in [0, 0.1) is 19.7 Å². The molecule has 0 spiro atoms. The molecule has 400 valence electrons. The molecule has 9 rings (SSSR count). The number of rotatable bonds is 16. The quantitative estimate of drug-likeness (QED) is 0.0540. The predicted octanol–water partition coefficient (Wildman–Crippen LogP) is 21.8. The first-order chi connectivity index (χ1) is 37.3. The Balaban J connectivity index is 0.000000176. The first-order valence-corrected chi connectivity index (χ1v) is 33.7. The lowest BCUT2D eigenvalue weighted by Crippen LogP contribution is -2.30. The van der Waals surface area contributed by atoms with Crippen molar-refractivity contribution in [3.63, 3.8) is 0 Å². The van der Waals surface area contributed by atoms with Crippen molar-refractivity contribution in [2.75, 3.05) is 24.5 Å². The van der Waals surface area contributed by atoms with E-state index in [4.69, 9.17) is 19.7 Å². The average molecular weight is 1120 g/mol. The second-order valence-corrected chi connectivity index (χ2v) is 26.1. The third kappa shape index (κ3) is 22.0. The van der Waals surface area contributed by atoms with Crippen LogP contribution in [0.25, 0.3) is 14.5 Å². The van der Waals surface area contributed by atoms with Gasteiger partial charge in [-0.1, -0.05) is 160 Å². The van der Waals surface area contributed by atoms with Gasteiger partial charge in [0.05, 0.1) is 6.42 Å². The Morgan fingerprint density at radius 2 is 0.711 bits per heavy atom. The summed E-state index contributed by atoms with van der Waals surface area (Å²) in [7, 11) is 0. The lowest BCUT2D eigenvalue weighted by Gasteiger charge is -2.26. The maximum absolute atomic E-state index is 7.52. The van der Waals surface area contributed by atoms with Crippen LogP contribution in [-0.2, 0) is 19.3 Å². The molecule has 0 amide bonds. The highest BCUT2D eigenvalue weighted by atomic mass is 32.2. The summed E-state index contributed by atoms with van der Waals surface area (Å²) in [5.74, 6) is 1.24. The number of nitrogens with zero attached hydrogens (tertiary/aromatic N) is 3. The summed E-state index contributed by atoms with van der Waals surface area (Å²) < 4.78 is 0. The Kier molecular flexibility index (Phi) is 29.8. The molecule has 76 heavy (non-hydrogen) atoms. The van der Waals surface area contributed by atoms with Gasteiger partial charge in [-0.2, -0.15) is 0 Å². The van der Waals surface area contributed by atoms with E-state index >= 15 is 0 Å². The minimum absolute atomic E-state index is 0.0837. The molecule has 6 aromatic rings. The highest BCUT2D eigenvalue weighted by Gasteiger charge is 2.41. The molecule has 3 fully saturated rings. The maximum Gasteiger partial charge on any atom is 0.282 e. The van der Waals surface area contributed by atoms with Crippen LogP contribution in [0.2, 0.25) is 0 Å². The molecule has 0 unspecified atom stereocenters. The van der Waals surface area contributed by atoms with Crippen molar-refractivity contribution in [1.82, 2.24) is 0 Å². The molecule has 0 N–H and O–H groups in total. The average Bonchev–Trinajstić information content (AvgIpc) is 3.50. The van der Waals surface area contributed by atoms with Crippen LogP contribution in [0.3, 0.4) is 0 Å². The molecule has 3 aliphatic carbocycles. The standard InChI is InChI=1S/2C14H17NS2.C14H17N.C14H14.C11H16S2/c2*1-15-14(10-6-3-7-11-14)17-13-9-5-4-8-12(13)16-2;1-15-14(10-6-3-7-11-14)12-13-8-4-2-5-9-13;1-3-7-13(8-4-1)11-12-14-9-5-2-6-10-14;1-3-4-9-13-11-8-6-5-7-10(11)12-2/h2*4-5,8-9H,3,6-7,10-11H2,2H3;2,4-5,8-9H,3,6-7,10-12H2;1-10H,11-12H2;5-8H,3-4,9H2,1-2H3. The van der Waals surface area contributed by atoms with Crippen LogP contribution >= 0.6 is 70.6 Å². The summed E-state index contributed by atoms with van der Waals surface area (Å²) in [6.07, 6.45) is 29.7. The summed E-state index contributed by atoms with van der Waals surface area (Å²) in [4.78, 5) is 19.4.